The number of aromatic nitrogens is 4. The van der Waals surface area contributed by atoms with E-state index in [9.17, 15) is 4.79 Å². The molecule has 1 N–H and O–H groups in total. The van der Waals surface area contributed by atoms with Crippen LogP contribution in [-0.2, 0) is 11.2 Å². The number of amides is 1. The van der Waals surface area contributed by atoms with E-state index < -0.39 is 0 Å². The quantitative estimate of drug-likeness (QED) is 0.375. The molecule has 7 nitrogen and oxygen atoms in total. The number of hydrogen-bond donors (Lipinski definition) is 1. The van der Waals surface area contributed by atoms with E-state index in [0.29, 0.717) is 29.6 Å². The van der Waals surface area contributed by atoms with Crippen LogP contribution in [0.15, 0.2) is 84.9 Å². The van der Waals surface area contributed by atoms with Crippen LogP contribution < -0.4 is 10.1 Å². The van der Waals surface area contributed by atoms with E-state index >= 15 is 0 Å². The first kappa shape index (κ1) is 21.3. The second-order valence-corrected chi connectivity index (χ2v) is 8.06. The van der Waals surface area contributed by atoms with Gasteiger partial charge in [0, 0.05) is 17.4 Å². The maximum Gasteiger partial charge on any atom is 0.238 e. The largest absolute Gasteiger partial charge is 0.438 e. The topological polar surface area (TPSA) is 81.9 Å². The third-order valence-electron chi connectivity index (χ3n) is 5.44. The monoisotopic (exact) mass is 449 g/mol. The molecule has 2 aromatic heterocycles. The number of anilines is 1. The van der Waals surface area contributed by atoms with Crippen LogP contribution in [0.25, 0.3) is 16.6 Å². The van der Waals surface area contributed by atoms with Crippen molar-refractivity contribution in [2.24, 2.45) is 0 Å². The van der Waals surface area contributed by atoms with Crippen LogP contribution in [0.4, 0.5) is 5.69 Å². The Balaban J connectivity index is 1.21. The Morgan fingerprint density at radius 2 is 1.71 bits per heavy atom. The molecule has 0 saturated carbocycles. The number of nitrogens with one attached hydrogen (secondary N) is 1. The lowest BCUT2D eigenvalue weighted by Crippen LogP contribution is -2.14. The number of rotatable bonds is 6. The smallest absolute Gasteiger partial charge is 0.238 e. The molecule has 3 aromatic carbocycles. The molecule has 5 aromatic rings. The van der Waals surface area contributed by atoms with Crippen molar-refractivity contribution in [2.75, 3.05) is 5.32 Å². The van der Waals surface area contributed by atoms with Gasteiger partial charge < -0.3 is 10.1 Å². The van der Waals surface area contributed by atoms with Crippen LogP contribution in [0, 0.1) is 13.8 Å². The standard InChI is InChI=1S/C27H23N5O2/c1-18-16-19(2)32(31-18)25-14-15-27(30-29-25)34-23-12-10-22(11-13-23)28-26(33)17-21-8-5-7-20-6-3-4-9-24(20)21/h3-16H,17H2,1-2H3,(H,28,33). The molecule has 0 radical (unpaired) electrons. The number of carbonyl (C=O) groups excluding carboxylic acids is 1. The van der Waals surface area contributed by atoms with E-state index in [1.54, 1.807) is 35.0 Å². The summed E-state index contributed by atoms with van der Waals surface area (Å²) in [7, 11) is 0. The van der Waals surface area contributed by atoms with E-state index in [0.717, 1.165) is 27.7 Å². The summed E-state index contributed by atoms with van der Waals surface area (Å²) in [4.78, 5) is 12.6. The molecule has 7 heteroatoms. The van der Waals surface area contributed by atoms with Crippen LogP contribution in [0.1, 0.15) is 17.0 Å². The SMILES string of the molecule is Cc1cc(C)n(-c2ccc(Oc3ccc(NC(=O)Cc4cccc5ccccc45)cc3)nn2)n1. The number of aryl methyl sites for hydroxylation is 2. The lowest BCUT2D eigenvalue weighted by atomic mass is 10.0. The van der Waals surface area contributed by atoms with Gasteiger partial charge in [-0.25, -0.2) is 4.68 Å². The van der Waals surface area contributed by atoms with Crippen LogP contribution in [-0.4, -0.2) is 25.9 Å². The van der Waals surface area contributed by atoms with E-state index in [1.165, 1.54) is 0 Å². The first-order valence-electron chi connectivity index (χ1n) is 11.0. The van der Waals surface area contributed by atoms with Gasteiger partial charge in [0.25, 0.3) is 0 Å². The predicted octanol–water partition coefficient (Wildman–Crippen LogP) is 5.41. The minimum atomic E-state index is -0.0735. The van der Waals surface area contributed by atoms with Crippen molar-refractivity contribution in [1.29, 1.82) is 0 Å². The van der Waals surface area contributed by atoms with Gasteiger partial charge in [0.05, 0.1) is 12.1 Å². The van der Waals surface area contributed by atoms with Crippen LogP contribution in [0.2, 0.25) is 0 Å². The first-order valence-corrected chi connectivity index (χ1v) is 11.0. The van der Waals surface area contributed by atoms with Gasteiger partial charge in [-0.15, -0.1) is 10.2 Å². The van der Waals surface area contributed by atoms with Crippen molar-refractivity contribution in [2.45, 2.75) is 20.3 Å². The zero-order valence-electron chi connectivity index (χ0n) is 18.9. The molecular weight excluding hydrogens is 426 g/mol. The summed E-state index contributed by atoms with van der Waals surface area (Å²) < 4.78 is 7.53. The average molecular weight is 450 g/mol. The van der Waals surface area contributed by atoms with Gasteiger partial charge in [-0.05, 0) is 66.6 Å². The fraction of sp³-hybridized carbons (Fsp3) is 0.111. The Hall–Kier alpha value is -4.52. The highest BCUT2D eigenvalue weighted by Crippen LogP contribution is 2.23. The first-order chi connectivity index (χ1) is 16.5. The lowest BCUT2D eigenvalue weighted by Gasteiger charge is -2.09. The normalized spacial score (nSPS) is 10.9. The minimum Gasteiger partial charge on any atom is -0.438 e. The van der Waals surface area contributed by atoms with Gasteiger partial charge in [-0.2, -0.15) is 5.10 Å². The molecule has 5 rings (SSSR count). The predicted molar refractivity (Wildman–Crippen MR) is 131 cm³/mol. The molecule has 0 aliphatic carbocycles. The molecule has 2 heterocycles. The Labute approximate surface area is 197 Å². The maximum atomic E-state index is 12.6. The summed E-state index contributed by atoms with van der Waals surface area (Å²) >= 11 is 0. The highest BCUT2D eigenvalue weighted by molar-refractivity contribution is 5.96. The summed E-state index contributed by atoms with van der Waals surface area (Å²) in [5.74, 6) is 1.52. The summed E-state index contributed by atoms with van der Waals surface area (Å²) in [6.45, 7) is 3.90. The van der Waals surface area contributed by atoms with E-state index in [4.69, 9.17) is 4.74 Å². The molecule has 0 atom stereocenters. The van der Waals surface area contributed by atoms with E-state index in [-0.39, 0.29) is 5.91 Å². The number of benzene rings is 3. The van der Waals surface area contributed by atoms with Crippen molar-refractivity contribution >= 4 is 22.4 Å². The zero-order valence-corrected chi connectivity index (χ0v) is 18.9. The Kier molecular flexibility index (Phi) is 5.74. The second-order valence-electron chi connectivity index (χ2n) is 8.06. The summed E-state index contributed by atoms with van der Waals surface area (Å²) in [6, 6.07) is 26.8. The molecule has 1 amide bonds. The number of ether oxygens (including phenoxy) is 1. The van der Waals surface area contributed by atoms with E-state index in [2.05, 4.69) is 20.6 Å². The van der Waals surface area contributed by atoms with Gasteiger partial charge in [-0.1, -0.05) is 42.5 Å². The van der Waals surface area contributed by atoms with Crippen LogP contribution >= 0.6 is 0 Å². The van der Waals surface area contributed by atoms with Crippen molar-refractivity contribution in [3.05, 3.63) is 102 Å². The fourth-order valence-electron chi connectivity index (χ4n) is 3.89. The zero-order chi connectivity index (χ0) is 23.5. The van der Waals surface area contributed by atoms with Crippen molar-refractivity contribution < 1.29 is 9.53 Å². The molecule has 0 fully saturated rings. The summed E-state index contributed by atoms with van der Waals surface area (Å²) in [6.07, 6.45) is 0.302. The summed E-state index contributed by atoms with van der Waals surface area (Å²) in [5, 5.41) is 17.9. The van der Waals surface area contributed by atoms with Gasteiger partial charge >= 0.3 is 0 Å². The van der Waals surface area contributed by atoms with Gasteiger partial charge in [0.1, 0.15) is 5.75 Å². The Morgan fingerprint density at radius 3 is 2.44 bits per heavy atom. The van der Waals surface area contributed by atoms with Gasteiger partial charge in [-0.3, -0.25) is 4.79 Å². The molecule has 0 saturated heterocycles. The van der Waals surface area contributed by atoms with Gasteiger partial charge in [0.2, 0.25) is 11.8 Å². The van der Waals surface area contributed by atoms with Crippen molar-refractivity contribution in [3.8, 4) is 17.4 Å². The molecule has 0 bridgehead atoms. The number of carbonyl (C=O) groups is 1. The minimum absolute atomic E-state index is 0.0735. The maximum absolute atomic E-state index is 12.6. The summed E-state index contributed by atoms with van der Waals surface area (Å²) in [5.41, 5.74) is 3.60. The molecule has 0 aliphatic rings. The number of hydrogen-bond acceptors (Lipinski definition) is 5. The lowest BCUT2D eigenvalue weighted by molar-refractivity contribution is -0.115. The molecule has 0 unspecified atom stereocenters. The third-order valence-corrected chi connectivity index (χ3v) is 5.44. The van der Waals surface area contributed by atoms with Crippen LogP contribution in [0.5, 0.6) is 11.6 Å². The average Bonchev–Trinajstić information content (AvgIpc) is 3.19. The van der Waals surface area contributed by atoms with E-state index in [1.807, 2.05) is 68.4 Å². The highest BCUT2D eigenvalue weighted by Gasteiger charge is 2.09. The fourth-order valence-corrected chi connectivity index (χ4v) is 3.89. The third kappa shape index (κ3) is 4.63. The van der Waals surface area contributed by atoms with Gasteiger partial charge in [0.15, 0.2) is 5.82 Å². The van der Waals surface area contributed by atoms with Crippen molar-refractivity contribution in [1.82, 2.24) is 20.0 Å². The highest BCUT2D eigenvalue weighted by atomic mass is 16.5. The van der Waals surface area contributed by atoms with Crippen molar-refractivity contribution in [3.63, 3.8) is 0 Å². The van der Waals surface area contributed by atoms with Crippen LogP contribution in [0.3, 0.4) is 0 Å². The molecule has 0 aliphatic heterocycles. The second kappa shape index (κ2) is 9.15. The molecule has 168 valence electrons. The Bertz CT molecular complexity index is 1450. The molecular formula is C27H23N5O2. The molecule has 0 spiro atoms. The number of fused-ring (bicyclic) bond motifs is 1. The Morgan fingerprint density at radius 1 is 0.912 bits per heavy atom. The number of nitrogens with zero attached hydrogens (tertiary/aromatic N) is 4. The molecule has 34 heavy (non-hydrogen) atoms.